The third-order valence-corrected chi connectivity index (χ3v) is 2.92. The molecule has 0 radical (unpaired) electrons. The van der Waals surface area contributed by atoms with Crippen LogP contribution in [0.5, 0.6) is 0 Å². The van der Waals surface area contributed by atoms with Crippen LogP contribution in [0.3, 0.4) is 0 Å². The normalized spacial score (nSPS) is 10.6. The van der Waals surface area contributed by atoms with Gasteiger partial charge in [-0.25, -0.2) is 4.98 Å². The van der Waals surface area contributed by atoms with Crippen LogP contribution in [0, 0.1) is 0 Å². The highest BCUT2D eigenvalue weighted by molar-refractivity contribution is 9.11. The predicted molar refractivity (Wildman–Crippen MR) is 65.1 cm³/mol. The molecule has 78 valence electrons. The van der Waals surface area contributed by atoms with E-state index in [1.807, 2.05) is 6.07 Å². The number of halogens is 2. The van der Waals surface area contributed by atoms with E-state index in [2.05, 4.69) is 46.8 Å². The Hall–Kier alpha value is -0.720. The second kappa shape index (κ2) is 4.42. The zero-order chi connectivity index (χ0) is 10.8. The average molecular weight is 332 g/mol. The van der Waals surface area contributed by atoms with Crippen LogP contribution in [0.25, 0.3) is 11.5 Å². The molecule has 3 N–H and O–H groups in total. The lowest BCUT2D eigenvalue weighted by atomic mass is 10.3. The van der Waals surface area contributed by atoms with E-state index in [-0.39, 0.29) is 0 Å². The third-order valence-electron chi connectivity index (χ3n) is 1.88. The van der Waals surface area contributed by atoms with E-state index in [0.29, 0.717) is 6.54 Å². The van der Waals surface area contributed by atoms with Crippen molar-refractivity contribution in [2.45, 2.75) is 6.54 Å². The van der Waals surface area contributed by atoms with E-state index in [0.717, 1.165) is 26.2 Å². The Morgan fingerprint density at radius 3 is 2.67 bits per heavy atom. The molecule has 2 aromatic heterocycles. The van der Waals surface area contributed by atoms with Crippen molar-refractivity contribution in [2.24, 2.45) is 5.73 Å². The van der Waals surface area contributed by atoms with E-state index in [1.165, 1.54) is 0 Å². The molecule has 0 bridgehead atoms. The van der Waals surface area contributed by atoms with Crippen LogP contribution >= 0.6 is 31.9 Å². The van der Waals surface area contributed by atoms with Gasteiger partial charge in [0.15, 0.2) is 5.82 Å². The zero-order valence-corrected chi connectivity index (χ0v) is 10.8. The summed E-state index contributed by atoms with van der Waals surface area (Å²) in [6.45, 7) is 0.446. The second-order valence-corrected chi connectivity index (χ2v) is 4.72. The van der Waals surface area contributed by atoms with Gasteiger partial charge in [0.05, 0.1) is 0 Å². The number of rotatable bonds is 2. The molecule has 0 saturated carbocycles. The molecule has 0 fully saturated rings. The molecule has 0 unspecified atom stereocenters. The number of imidazole rings is 1. The number of nitrogens with zero attached hydrogens (tertiary/aromatic N) is 2. The number of nitrogens with one attached hydrogen (secondary N) is 1. The van der Waals surface area contributed by atoms with Gasteiger partial charge in [-0.2, -0.15) is 0 Å². The monoisotopic (exact) mass is 330 g/mol. The first-order valence-corrected chi connectivity index (χ1v) is 5.84. The molecule has 4 nitrogen and oxygen atoms in total. The summed E-state index contributed by atoms with van der Waals surface area (Å²) in [6.07, 6.45) is 3.44. The van der Waals surface area contributed by atoms with E-state index >= 15 is 0 Å². The van der Waals surface area contributed by atoms with Crippen LogP contribution in [-0.2, 0) is 6.54 Å². The first-order valence-electron chi connectivity index (χ1n) is 4.26. The Morgan fingerprint density at radius 2 is 2.07 bits per heavy atom. The zero-order valence-electron chi connectivity index (χ0n) is 7.67. The fourth-order valence-electron chi connectivity index (χ4n) is 1.17. The smallest absolute Gasteiger partial charge is 0.157 e. The minimum atomic E-state index is 0.446. The van der Waals surface area contributed by atoms with E-state index in [4.69, 9.17) is 5.73 Å². The molecule has 0 aliphatic heterocycles. The first kappa shape index (κ1) is 10.8. The highest BCUT2D eigenvalue weighted by Crippen LogP contribution is 2.26. The van der Waals surface area contributed by atoms with Crippen molar-refractivity contribution < 1.29 is 0 Å². The molecular weight excluding hydrogens is 324 g/mol. The van der Waals surface area contributed by atoms with Crippen LogP contribution in [0.4, 0.5) is 0 Å². The fraction of sp³-hybridized carbons (Fsp3) is 0.111. The lowest BCUT2D eigenvalue weighted by Gasteiger charge is -2.00. The molecule has 2 aromatic rings. The highest BCUT2D eigenvalue weighted by Gasteiger charge is 2.08. The minimum absolute atomic E-state index is 0.446. The standard InChI is InChI=1S/C9H8Br2N4/c10-5-1-7(11)8(13-3-5)9-14-4-6(2-12)15-9/h1,3-4H,2,12H2,(H,14,15). The molecule has 0 aromatic carbocycles. The van der Waals surface area contributed by atoms with Crippen LogP contribution in [0.1, 0.15) is 5.69 Å². The molecule has 15 heavy (non-hydrogen) atoms. The average Bonchev–Trinajstić information content (AvgIpc) is 2.66. The number of nitrogens with two attached hydrogens (primary N) is 1. The van der Waals surface area contributed by atoms with E-state index in [9.17, 15) is 0 Å². The largest absolute Gasteiger partial charge is 0.339 e. The molecule has 2 rings (SSSR count). The number of H-pyrrole nitrogens is 1. The van der Waals surface area contributed by atoms with Gasteiger partial charge in [0.1, 0.15) is 5.69 Å². The Balaban J connectivity index is 2.44. The van der Waals surface area contributed by atoms with Crippen molar-refractivity contribution in [1.82, 2.24) is 15.0 Å². The lowest BCUT2D eigenvalue weighted by Crippen LogP contribution is -1.96. The maximum Gasteiger partial charge on any atom is 0.157 e. The van der Waals surface area contributed by atoms with Crippen molar-refractivity contribution in [1.29, 1.82) is 0 Å². The van der Waals surface area contributed by atoms with Crippen LogP contribution in [0.2, 0.25) is 0 Å². The second-order valence-electron chi connectivity index (χ2n) is 2.95. The Bertz CT molecular complexity index is 481. The summed E-state index contributed by atoms with van der Waals surface area (Å²) in [6, 6.07) is 1.92. The fourth-order valence-corrected chi connectivity index (χ4v) is 2.35. The van der Waals surface area contributed by atoms with E-state index < -0.39 is 0 Å². The third kappa shape index (κ3) is 2.27. The number of pyridine rings is 1. The first-order chi connectivity index (χ1) is 7.20. The van der Waals surface area contributed by atoms with Crippen LogP contribution in [-0.4, -0.2) is 15.0 Å². The van der Waals surface area contributed by atoms with Gasteiger partial charge in [-0.15, -0.1) is 0 Å². The van der Waals surface area contributed by atoms with Gasteiger partial charge in [0, 0.05) is 33.6 Å². The van der Waals surface area contributed by atoms with Crippen molar-refractivity contribution >= 4 is 31.9 Å². The van der Waals surface area contributed by atoms with Crippen LogP contribution < -0.4 is 5.73 Å². The van der Waals surface area contributed by atoms with Crippen molar-refractivity contribution in [3.05, 3.63) is 33.1 Å². The predicted octanol–water partition coefficient (Wildman–Crippen LogP) is 2.46. The molecule has 0 amide bonds. The summed E-state index contributed by atoms with van der Waals surface area (Å²) >= 11 is 6.78. The van der Waals surface area contributed by atoms with E-state index in [1.54, 1.807) is 12.4 Å². The Labute approximate surface area is 104 Å². The number of aromatic amines is 1. The molecule has 2 heterocycles. The maximum atomic E-state index is 5.49. The summed E-state index contributed by atoms with van der Waals surface area (Å²) in [5, 5.41) is 0. The molecular formula is C9H8Br2N4. The number of hydrogen-bond acceptors (Lipinski definition) is 3. The Kier molecular flexibility index (Phi) is 3.18. The minimum Gasteiger partial charge on any atom is -0.339 e. The van der Waals surface area contributed by atoms with Gasteiger partial charge in [-0.3, -0.25) is 4.98 Å². The van der Waals surface area contributed by atoms with Gasteiger partial charge in [0.25, 0.3) is 0 Å². The topological polar surface area (TPSA) is 67.6 Å². The number of hydrogen-bond donors (Lipinski definition) is 2. The summed E-state index contributed by atoms with van der Waals surface area (Å²) in [4.78, 5) is 11.6. The summed E-state index contributed by atoms with van der Waals surface area (Å²) < 4.78 is 1.80. The van der Waals surface area contributed by atoms with Crippen molar-refractivity contribution in [3.8, 4) is 11.5 Å². The highest BCUT2D eigenvalue weighted by atomic mass is 79.9. The van der Waals surface area contributed by atoms with Crippen molar-refractivity contribution in [3.63, 3.8) is 0 Å². The van der Waals surface area contributed by atoms with Gasteiger partial charge < -0.3 is 10.7 Å². The number of aromatic nitrogens is 3. The van der Waals surface area contributed by atoms with Gasteiger partial charge in [-0.05, 0) is 37.9 Å². The summed E-state index contributed by atoms with van der Waals surface area (Å²) in [7, 11) is 0. The van der Waals surface area contributed by atoms with Gasteiger partial charge in [-0.1, -0.05) is 0 Å². The molecule has 0 aliphatic rings. The van der Waals surface area contributed by atoms with Gasteiger partial charge in [0.2, 0.25) is 0 Å². The maximum absolute atomic E-state index is 5.49. The lowest BCUT2D eigenvalue weighted by molar-refractivity contribution is 1.01. The quantitative estimate of drug-likeness (QED) is 0.888. The van der Waals surface area contributed by atoms with Crippen molar-refractivity contribution in [2.75, 3.05) is 0 Å². The molecule has 0 aliphatic carbocycles. The molecule has 0 spiro atoms. The summed E-state index contributed by atoms with van der Waals surface area (Å²) in [5.41, 5.74) is 7.16. The SMILES string of the molecule is NCc1cnc(-c2ncc(Br)cc2Br)[nH]1. The van der Waals surface area contributed by atoms with Crippen LogP contribution in [0.15, 0.2) is 27.4 Å². The molecule has 0 atom stereocenters. The summed E-state index contributed by atoms with van der Waals surface area (Å²) in [5.74, 6) is 0.717. The van der Waals surface area contributed by atoms with Gasteiger partial charge >= 0.3 is 0 Å². The molecule has 6 heteroatoms. The Morgan fingerprint density at radius 1 is 1.27 bits per heavy atom. The molecule has 0 saturated heterocycles.